The predicted octanol–water partition coefficient (Wildman–Crippen LogP) is 4.24. The number of para-hydroxylation sites is 2. The summed E-state index contributed by atoms with van der Waals surface area (Å²) >= 11 is 0. The second kappa shape index (κ2) is 10.5. The molecule has 0 radical (unpaired) electrons. The Kier molecular flexibility index (Phi) is 7.05. The number of aromatic carboxylic acids is 1. The molecule has 4 aromatic rings. The lowest BCUT2D eigenvalue weighted by molar-refractivity contribution is -0.134. The summed E-state index contributed by atoms with van der Waals surface area (Å²) in [5.74, 6) is -4.63. The van der Waals surface area contributed by atoms with Crippen LogP contribution in [-0.2, 0) is 20.9 Å². The molecule has 4 N–H and O–H groups in total. The lowest BCUT2D eigenvalue weighted by Crippen LogP contribution is -2.22. The minimum absolute atomic E-state index is 0.0809. The van der Waals surface area contributed by atoms with Crippen LogP contribution in [0.15, 0.2) is 83.0 Å². The van der Waals surface area contributed by atoms with Crippen molar-refractivity contribution in [3.05, 3.63) is 83.9 Å². The molecule has 0 atom stereocenters. The van der Waals surface area contributed by atoms with Crippen molar-refractivity contribution in [2.24, 2.45) is 10.2 Å². The lowest BCUT2D eigenvalue weighted by atomic mass is 10.2. The van der Waals surface area contributed by atoms with Crippen LogP contribution in [0.25, 0.3) is 10.9 Å². The average molecular weight is 499 g/mol. The fourth-order valence-corrected chi connectivity index (χ4v) is 3.69. The van der Waals surface area contributed by atoms with Crippen LogP contribution in [0.1, 0.15) is 15.9 Å². The number of benzene rings is 3. The van der Waals surface area contributed by atoms with Gasteiger partial charge in [0.05, 0.1) is 16.8 Å². The van der Waals surface area contributed by atoms with Crippen LogP contribution in [-0.4, -0.2) is 38.5 Å². The molecule has 11 heteroatoms. The third kappa shape index (κ3) is 5.51. The van der Waals surface area contributed by atoms with Crippen molar-refractivity contribution in [2.75, 3.05) is 10.6 Å². The zero-order chi connectivity index (χ0) is 26.5. The molecule has 3 aromatic carbocycles. The minimum Gasteiger partial charge on any atom is -0.493 e. The Morgan fingerprint density at radius 2 is 1.65 bits per heavy atom. The van der Waals surface area contributed by atoms with Crippen LogP contribution >= 0.6 is 0 Å². The predicted molar refractivity (Wildman–Crippen MR) is 135 cm³/mol. The molecule has 1 heterocycles. The number of carbonyl (C=O) groups excluding carboxylic acids is 3. The van der Waals surface area contributed by atoms with E-state index in [9.17, 15) is 29.4 Å². The first-order valence-electron chi connectivity index (χ1n) is 11.0. The van der Waals surface area contributed by atoms with Crippen LogP contribution in [0.5, 0.6) is 5.88 Å². The van der Waals surface area contributed by atoms with Crippen molar-refractivity contribution in [1.29, 1.82) is 0 Å². The first kappa shape index (κ1) is 24.8. The number of anilines is 2. The number of carbonyl (C=O) groups is 4. The normalized spacial score (nSPS) is 10.9. The number of rotatable bonds is 6. The van der Waals surface area contributed by atoms with Crippen molar-refractivity contribution in [3.8, 4) is 5.88 Å². The Balaban J connectivity index is 1.55. The summed E-state index contributed by atoms with van der Waals surface area (Å²) in [6.45, 7) is 1.64. The number of amides is 3. The van der Waals surface area contributed by atoms with Crippen molar-refractivity contribution in [2.45, 2.75) is 13.5 Å². The molecular weight excluding hydrogens is 478 g/mol. The van der Waals surface area contributed by atoms with Gasteiger partial charge in [-0.2, -0.15) is 0 Å². The van der Waals surface area contributed by atoms with E-state index in [4.69, 9.17) is 0 Å². The van der Waals surface area contributed by atoms with Crippen molar-refractivity contribution in [3.63, 3.8) is 0 Å². The third-order valence-electron chi connectivity index (χ3n) is 5.36. The molecule has 4 rings (SSSR count). The molecule has 186 valence electrons. The molecule has 0 aliphatic carbocycles. The van der Waals surface area contributed by atoms with E-state index in [1.165, 1.54) is 28.8 Å². The maximum atomic E-state index is 12.7. The molecule has 0 saturated heterocycles. The van der Waals surface area contributed by atoms with Gasteiger partial charge in [-0.3, -0.25) is 14.4 Å². The van der Waals surface area contributed by atoms with Crippen molar-refractivity contribution >= 4 is 51.7 Å². The van der Waals surface area contributed by atoms with Crippen LogP contribution in [0, 0.1) is 6.92 Å². The van der Waals surface area contributed by atoms with E-state index in [1.54, 1.807) is 42.5 Å². The molecular formula is C26H21N5O6. The van der Waals surface area contributed by atoms with E-state index >= 15 is 0 Å². The average Bonchev–Trinajstić information content (AvgIpc) is 3.13. The highest BCUT2D eigenvalue weighted by atomic mass is 16.4. The monoisotopic (exact) mass is 499 g/mol. The number of fused-ring (bicyclic) bond motifs is 1. The maximum Gasteiger partial charge on any atom is 0.353 e. The smallest absolute Gasteiger partial charge is 0.353 e. The number of hydrogen-bond donors (Lipinski definition) is 4. The SMILES string of the molecule is Cc1cccc(NC(=O)Cn2c(O)c(N=NC(=O)C(=O)Nc3ccccc3C(=O)O)c3ccccc32)c1. The number of nitrogens with one attached hydrogen (secondary N) is 2. The molecule has 0 aliphatic heterocycles. The summed E-state index contributed by atoms with van der Waals surface area (Å²) < 4.78 is 1.31. The fraction of sp³-hybridized carbons (Fsp3) is 0.0769. The molecule has 0 bridgehead atoms. The Labute approximate surface area is 210 Å². The second-order valence-corrected chi connectivity index (χ2v) is 8.00. The van der Waals surface area contributed by atoms with E-state index < -0.39 is 29.6 Å². The Morgan fingerprint density at radius 3 is 2.41 bits per heavy atom. The zero-order valence-corrected chi connectivity index (χ0v) is 19.5. The van der Waals surface area contributed by atoms with E-state index in [0.29, 0.717) is 16.6 Å². The molecule has 11 nitrogen and oxygen atoms in total. The van der Waals surface area contributed by atoms with Gasteiger partial charge >= 0.3 is 17.8 Å². The standard InChI is InChI=1S/C26H21N5O6/c1-15-7-6-8-16(13-15)27-21(32)14-31-20-12-5-3-10-18(20)22(25(31)35)29-30-24(34)23(33)28-19-11-4-2-9-17(19)26(36)37/h2-13,35H,14H2,1H3,(H,27,32)(H,28,33)(H,36,37). The quantitative estimate of drug-likeness (QED) is 0.229. The van der Waals surface area contributed by atoms with E-state index in [0.717, 1.165) is 5.56 Å². The van der Waals surface area contributed by atoms with Gasteiger partial charge in [-0.1, -0.05) is 42.5 Å². The largest absolute Gasteiger partial charge is 0.493 e. The second-order valence-electron chi connectivity index (χ2n) is 8.00. The van der Waals surface area contributed by atoms with Crippen molar-refractivity contribution in [1.82, 2.24) is 4.57 Å². The molecule has 0 saturated carbocycles. The fourth-order valence-electron chi connectivity index (χ4n) is 3.69. The Bertz CT molecular complexity index is 1570. The maximum absolute atomic E-state index is 12.7. The minimum atomic E-state index is -1.31. The van der Waals surface area contributed by atoms with E-state index in [2.05, 4.69) is 20.9 Å². The molecule has 3 amide bonds. The molecule has 0 fully saturated rings. The van der Waals surface area contributed by atoms with Gasteiger partial charge in [-0.25, -0.2) is 4.79 Å². The first-order valence-corrected chi connectivity index (χ1v) is 11.0. The topological polar surface area (TPSA) is 162 Å². The number of aromatic nitrogens is 1. The molecule has 1 aromatic heterocycles. The summed E-state index contributed by atoms with van der Waals surface area (Å²) in [5.41, 5.74) is 1.64. The summed E-state index contributed by atoms with van der Waals surface area (Å²) in [4.78, 5) is 48.5. The summed E-state index contributed by atoms with van der Waals surface area (Å²) in [7, 11) is 0. The summed E-state index contributed by atoms with van der Waals surface area (Å²) in [6.07, 6.45) is 0. The van der Waals surface area contributed by atoms with Crippen molar-refractivity contribution < 1.29 is 29.4 Å². The summed E-state index contributed by atoms with van der Waals surface area (Å²) in [6, 6.07) is 19.5. The highest BCUT2D eigenvalue weighted by Gasteiger charge is 2.21. The number of aryl methyl sites for hydroxylation is 1. The highest BCUT2D eigenvalue weighted by Crippen LogP contribution is 2.38. The van der Waals surface area contributed by atoms with E-state index in [1.807, 2.05) is 13.0 Å². The molecule has 0 aliphatic rings. The van der Waals surface area contributed by atoms with E-state index in [-0.39, 0.29) is 23.5 Å². The summed E-state index contributed by atoms with van der Waals surface area (Å²) in [5, 5.41) is 32.6. The van der Waals surface area contributed by atoms with Gasteiger partial charge in [0.2, 0.25) is 11.8 Å². The highest BCUT2D eigenvalue weighted by molar-refractivity contribution is 6.40. The van der Waals surface area contributed by atoms with Crippen LogP contribution < -0.4 is 10.6 Å². The van der Waals surface area contributed by atoms with Crippen LogP contribution in [0.2, 0.25) is 0 Å². The Hall–Kier alpha value is -5.32. The Morgan fingerprint density at radius 1 is 0.919 bits per heavy atom. The number of hydrogen-bond acceptors (Lipinski definition) is 6. The van der Waals surface area contributed by atoms with Crippen LogP contribution in [0.3, 0.4) is 0 Å². The van der Waals surface area contributed by atoms with Gasteiger partial charge in [-0.15, -0.1) is 10.2 Å². The number of nitrogens with zero attached hydrogens (tertiary/aromatic N) is 3. The zero-order valence-electron chi connectivity index (χ0n) is 19.5. The number of carboxylic acids is 1. The van der Waals surface area contributed by atoms with Gasteiger partial charge in [-0.05, 0) is 42.8 Å². The number of aromatic hydroxyl groups is 1. The van der Waals surface area contributed by atoms with Gasteiger partial charge in [0.25, 0.3) is 0 Å². The third-order valence-corrected chi connectivity index (χ3v) is 5.36. The number of carboxylic acid groups (broad SMARTS) is 1. The van der Waals surface area contributed by atoms with Gasteiger partial charge in [0.1, 0.15) is 6.54 Å². The number of azo groups is 1. The van der Waals surface area contributed by atoms with Gasteiger partial charge in [0.15, 0.2) is 5.69 Å². The lowest BCUT2D eigenvalue weighted by Gasteiger charge is -2.09. The van der Waals surface area contributed by atoms with Gasteiger partial charge < -0.3 is 25.4 Å². The van der Waals surface area contributed by atoms with Gasteiger partial charge in [0, 0.05) is 11.1 Å². The molecule has 37 heavy (non-hydrogen) atoms. The molecule has 0 unspecified atom stereocenters. The first-order chi connectivity index (χ1) is 17.7. The van der Waals surface area contributed by atoms with Crippen LogP contribution in [0.4, 0.5) is 17.1 Å². The molecule has 0 spiro atoms.